The second kappa shape index (κ2) is 24.3. The highest BCUT2D eigenvalue weighted by Gasteiger charge is 2.06. The van der Waals surface area contributed by atoms with Gasteiger partial charge in [-0.3, -0.25) is 9.98 Å². The van der Waals surface area contributed by atoms with Gasteiger partial charge in [0, 0.05) is 35.7 Å². The molecule has 0 amide bonds. The summed E-state index contributed by atoms with van der Waals surface area (Å²) in [4.78, 5) is 8.51. The van der Waals surface area contributed by atoms with Gasteiger partial charge < -0.3 is 24.8 Å². The van der Waals surface area contributed by atoms with Crippen LogP contribution in [-0.4, -0.2) is 60.2 Å². The summed E-state index contributed by atoms with van der Waals surface area (Å²) >= 11 is 0. The Morgan fingerprint density at radius 2 is 0.932 bits per heavy atom. The lowest BCUT2D eigenvalue weighted by Gasteiger charge is -2.08. The molecule has 0 bridgehead atoms. The van der Waals surface area contributed by atoms with E-state index in [1.54, 1.807) is 36.7 Å². The topological polar surface area (TPSA) is 104 Å². The molecule has 2 aromatic carbocycles. The molecule has 0 atom stereocenters. The molecule has 0 aromatic heterocycles. The number of aliphatic hydroxyl groups is 1. The zero-order valence-electron chi connectivity index (χ0n) is 27.4. The maximum Gasteiger partial charge on any atom is 0.128 e. The highest BCUT2D eigenvalue weighted by atomic mass is 16.5. The second-order valence-corrected chi connectivity index (χ2v) is 11.7. The van der Waals surface area contributed by atoms with E-state index in [0.29, 0.717) is 35.8 Å². The molecular formula is C37H58N2O5. The molecule has 7 nitrogen and oxygen atoms in total. The number of unbranched alkanes of at least 4 members (excludes halogenated alkanes) is 14. The SMILES string of the molecule is CCCCCCCCCCOc1ccc(C=NCC(O)CN=Cc2ccc(OCCCCCCCCCC)cc2O)c(O)c1. The summed E-state index contributed by atoms with van der Waals surface area (Å²) in [5.74, 6) is 1.47. The fourth-order valence-electron chi connectivity index (χ4n) is 4.90. The van der Waals surface area contributed by atoms with Crippen molar-refractivity contribution in [3.63, 3.8) is 0 Å². The Morgan fingerprint density at radius 3 is 1.30 bits per heavy atom. The van der Waals surface area contributed by atoms with Crippen molar-refractivity contribution in [2.24, 2.45) is 9.98 Å². The largest absolute Gasteiger partial charge is 0.507 e. The van der Waals surface area contributed by atoms with E-state index in [9.17, 15) is 15.3 Å². The van der Waals surface area contributed by atoms with E-state index >= 15 is 0 Å². The lowest BCUT2D eigenvalue weighted by atomic mass is 10.1. The van der Waals surface area contributed by atoms with Crippen LogP contribution < -0.4 is 9.47 Å². The summed E-state index contributed by atoms with van der Waals surface area (Å²) in [6.07, 6.45) is 22.3. The molecular weight excluding hydrogens is 552 g/mol. The molecule has 0 heterocycles. The van der Waals surface area contributed by atoms with Crippen LogP contribution in [0.2, 0.25) is 0 Å². The Morgan fingerprint density at radius 1 is 0.568 bits per heavy atom. The van der Waals surface area contributed by atoms with E-state index in [1.165, 1.54) is 77.0 Å². The molecule has 0 aliphatic carbocycles. The van der Waals surface area contributed by atoms with Crippen LogP contribution in [0.15, 0.2) is 46.4 Å². The molecule has 0 aliphatic heterocycles. The van der Waals surface area contributed by atoms with Gasteiger partial charge in [-0.25, -0.2) is 0 Å². The number of benzene rings is 2. The molecule has 0 saturated carbocycles. The fourth-order valence-corrected chi connectivity index (χ4v) is 4.90. The Balaban J connectivity index is 1.62. The molecule has 3 N–H and O–H groups in total. The highest BCUT2D eigenvalue weighted by molar-refractivity contribution is 5.84. The van der Waals surface area contributed by atoms with Crippen LogP contribution in [0.1, 0.15) is 128 Å². The number of ether oxygens (including phenoxy) is 2. The number of rotatable bonds is 26. The number of aromatic hydroxyl groups is 2. The predicted molar refractivity (Wildman–Crippen MR) is 183 cm³/mol. The predicted octanol–water partition coefficient (Wildman–Crippen LogP) is 9.04. The fraction of sp³-hybridized carbons (Fsp3) is 0.622. The first-order valence-corrected chi connectivity index (χ1v) is 17.1. The summed E-state index contributed by atoms with van der Waals surface area (Å²) < 4.78 is 11.6. The lowest BCUT2D eigenvalue weighted by molar-refractivity contribution is 0.193. The van der Waals surface area contributed by atoms with Gasteiger partial charge in [-0.2, -0.15) is 0 Å². The van der Waals surface area contributed by atoms with Crippen molar-refractivity contribution < 1.29 is 24.8 Å². The molecule has 0 radical (unpaired) electrons. The van der Waals surface area contributed by atoms with Gasteiger partial charge in [-0.05, 0) is 37.1 Å². The molecule has 2 aromatic rings. The Kier molecular flexibility index (Phi) is 20.5. The third kappa shape index (κ3) is 17.3. The summed E-state index contributed by atoms with van der Waals surface area (Å²) in [6, 6.07) is 10.4. The number of phenols is 2. The molecule has 246 valence electrons. The highest BCUT2D eigenvalue weighted by Crippen LogP contribution is 2.24. The Labute approximate surface area is 266 Å². The van der Waals surface area contributed by atoms with E-state index < -0.39 is 6.10 Å². The first-order chi connectivity index (χ1) is 21.5. The molecule has 44 heavy (non-hydrogen) atoms. The zero-order valence-corrected chi connectivity index (χ0v) is 27.4. The van der Waals surface area contributed by atoms with E-state index in [1.807, 2.05) is 12.1 Å². The van der Waals surface area contributed by atoms with Gasteiger partial charge in [0.2, 0.25) is 0 Å². The van der Waals surface area contributed by atoms with Crippen LogP contribution in [0.3, 0.4) is 0 Å². The molecule has 7 heteroatoms. The zero-order chi connectivity index (χ0) is 31.7. The van der Waals surface area contributed by atoms with Gasteiger partial charge in [-0.1, -0.05) is 104 Å². The van der Waals surface area contributed by atoms with Crippen LogP contribution >= 0.6 is 0 Å². The van der Waals surface area contributed by atoms with Crippen molar-refractivity contribution >= 4 is 12.4 Å². The smallest absolute Gasteiger partial charge is 0.128 e. The maximum absolute atomic E-state index is 10.3. The third-order valence-electron chi connectivity index (χ3n) is 7.63. The van der Waals surface area contributed by atoms with Crippen molar-refractivity contribution in [3.8, 4) is 23.0 Å². The van der Waals surface area contributed by atoms with Gasteiger partial charge in [0.05, 0.1) is 32.4 Å². The van der Waals surface area contributed by atoms with Crippen molar-refractivity contribution in [3.05, 3.63) is 47.5 Å². The van der Waals surface area contributed by atoms with Crippen LogP contribution in [-0.2, 0) is 0 Å². The standard InChI is InChI=1S/C37H58N2O5/c1-3-5-7-9-11-13-15-17-23-43-34-21-19-31(36(41)25-34)27-38-29-33(40)30-39-28-32-20-22-35(26-37(32)42)44-24-18-16-14-12-10-8-6-4-2/h19-22,25-28,33,40-42H,3-18,23-24,29-30H2,1-2H3. The summed E-state index contributed by atoms with van der Waals surface area (Å²) in [6.45, 7) is 6.05. The van der Waals surface area contributed by atoms with Gasteiger partial charge >= 0.3 is 0 Å². The summed E-state index contributed by atoms with van der Waals surface area (Å²) in [7, 11) is 0. The van der Waals surface area contributed by atoms with Crippen molar-refractivity contribution in [2.45, 2.75) is 123 Å². The van der Waals surface area contributed by atoms with E-state index in [0.717, 1.165) is 25.7 Å². The number of aliphatic hydroxyl groups excluding tert-OH is 1. The van der Waals surface area contributed by atoms with Gasteiger partial charge in [0.1, 0.15) is 23.0 Å². The minimum absolute atomic E-state index is 0.0930. The van der Waals surface area contributed by atoms with Crippen LogP contribution in [0.5, 0.6) is 23.0 Å². The normalized spacial score (nSPS) is 12.3. The summed E-state index contributed by atoms with van der Waals surface area (Å²) in [5.41, 5.74) is 1.13. The minimum atomic E-state index is -0.782. The number of nitrogens with zero attached hydrogens (tertiary/aromatic N) is 2. The molecule has 0 spiro atoms. The average Bonchev–Trinajstić information content (AvgIpc) is 3.01. The van der Waals surface area contributed by atoms with Crippen molar-refractivity contribution in [1.29, 1.82) is 0 Å². The van der Waals surface area contributed by atoms with Crippen LogP contribution in [0.4, 0.5) is 0 Å². The number of phenolic OH excluding ortho intramolecular Hbond substituents is 2. The quantitative estimate of drug-likeness (QED) is 0.0728. The van der Waals surface area contributed by atoms with Gasteiger partial charge in [-0.15, -0.1) is 0 Å². The first-order valence-electron chi connectivity index (χ1n) is 17.1. The third-order valence-corrected chi connectivity index (χ3v) is 7.63. The van der Waals surface area contributed by atoms with E-state index in [2.05, 4.69) is 23.8 Å². The molecule has 0 fully saturated rings. The molecule has 0 unspecified atom stereocenters. The van der Waals surface area contributed by atoms with Crippen molar-refractivity contribution in [2.75, 3.05) is 26.3 Å². The van der Waals surface area contributed by atoms with Crippen LogP contribution in [0.25, 0.3) is 0 Å². The van der Waals surface area contributed by atoms with E-state index in [-0.39, 0.29) is 24.6 Å². The summed E-state index contributed by atoms with van der Waals surface area (Å²) in [5, 5.41) is 30.9. The average molecular weight is 611 g/mol. The number of hydrogen-bond donors (Lipinski definition) is 3. The second-order valence-electron chi connectivity index (χ2n) is 11.7. The van der Waals surface area contributed by atoms with Gasteiger partial charge in [0.15, 0.2) is 0 Å². The maximum atomic E-state index is 10.3. The first kappa shape index (κ1) is 37.1. The van der Waals surface area contributed by atoms with E-state index in [4.69, 9.17) is 9.47 Å². The Hall–Kier alpha value is -3.06. The number of aliphatic imine (C=N–C) groups is 2. The van der Waals surface area contributed by atoms with Crippen LogP contribution in [0, 0.1) is 0 Å². The molecule has 0 saturated heterocycles. The molecule has 2 rings (SSSR count). The lowest BCUT2D eigenvalue weighted by Crippen LogP contribution is -2.15. The monoisotopic (exact) mass is 610 g/mol. The Bertz CT molecular complexity index is 988. The van der Waals surface area contributed by atoms with Crippen molar-refractivity contribution in [1.82, 2.24) is 0 Å². The minimum Gasteiger partial charge on any atom is -0.507 e. The molecule has 0 aliphatic rings. The number of hydrogen-bond acceptors (Lipinski definition) is 7. The van der Waals surface area contributed by atoms with Gasteiger partial charge in [0.25, 0.3) is 0 Å².